The van der Waals surface area contributed by atoms with Gasteiger partial charge in [0, 0.05) is 6.42 Å². The average molecular weight is 184 g/mol. The van der Waals surface area contributed by atoms with Gasteiger partial charge in [0.15, 0.2) is 0 Å². The predicted molar refractivity (Wildman–Crippen MR) is 36.9 cm³/mol. The first kappa shape index (κ1) is 11.0. The third-order valence-electron chi connectivity index (χ3n) is 0.952. The third-order valence-corrected chi connectivity index (χ3v) is 0.952. The van der Waals surface area contributed by atoms with Crippen LogP contribution in [-0.4, -0.2) is 12.2 Å². The number of imidazole rings is 1. The van der Waals surface area contributed by atoms with Gasteiger partial charge >= 0.3 is 7.25 Å². The van der Waals surface area contributed by atoms with Gasteiger partial charge < -0.3 is 17.3 Å². The zero-order valence-electron chi connectivity index (χ0n) is 6.45. The molecule has 0 radical (unpaired) electrons. The fourth-order valence-electron chi connectivity index (χ4n) is 0.530. The van der Waals surface area contributed by atoms with Crippen LogP contribution >= 0.6 is 0 Å². The minimum Gasteiger partial charge on any atom is -0.418 e. The Labute approximate surface area is 67.1 Å². The Balaban J connectivity index is 0.000000217. The van der Waals surface area contributed by atoms with E-state index in [0.29, 0.717) is 0 Å². The Hall–Kier alpha value is -1.01. The third kappa shape index (κ3) is 8.99. The average Bonchev–Trinajstić information content (AvgIpc) is 2.33. The molecule has 1 aromatic heterocycles. The van der Waals surface area contributed by atoms with Gasteiger partial charge in [-0.3, -0.25) is 0 Å². The smallest absolute Gasteiger partial charge is 0.418 e. The van der Waals surface area contributed by atoms with Crippen LogP contribution in [0.15, 0.2) is 12.4 Å². The lowest BCUT2D eigenvalue weighted by Crippen LogP contribution is -2.02. The Bertz CT molecular complexity index is 190. The highest BCUT2D eigenvalue weighted by Gasteiger charge is 2.20. The largest absolute Gasteiger partial charge is 0.673 e. The molecule has 7 heteroatoms. The van der Waals surface area contributed by atoms with Crippen LogP contribution in [-0.2, 0) is 6.42 Å². The van der Waals surface area contributed by atoms with E-state index in [-0.39, 0.29) is 0 Å². The van der Waals surface area contributed by atoms with Crippen LogP contribution < -0.4 is 4.98 Å². The van der Waals surface area contributed by atoms with Crippen molar-refractivity contribution in [3.05, 3.63) is 18.2 Å². The normalized spacial score (nSPS) is 10.4. The van der Waals surface area contributed by atoms with Crippen LogP contribution in [0.25, 0.3) is 0 Å². The lowest BCUT2D eigenvalue weighted by atomic mass is 10.3. The van der Waals surface area contributed by atoms with E-state index in [0.717, 1.165) is 6.42 Å². The maximum absolute atomic E-state index is 9.75. The van der Waals surface area contributed by atoms with Gasteiger partial charge in [0.1, 0.15) is 12.4 Å². The SMILES string of the molecule is CCc1[nH]cc[nH+]1.F[B-](F)(F)F. The number of H-pyrrole nitrogens is 2. The van der Waals surface area contributed by atoms with Gasteiger partial charge in [-0.25, -0.2) is 9.97 Å². The molecule has 0 bridgehead atoms. The highest BCUT2D eigenvalue weighted by atomic mass is 19.5. The lowest BCUT2D eigenvalue weighted by Gasteiger charge is -1.94. The van der Waals surface area contributed by atoms with E-state index >= 15 is 0 Å². The summed E-state index contributed by atoms with van der Waals surface area (Å²) >= 11 is 0. The first-order valence-electron chi connectivity index (χ1n) is 3.34. The van der Waals surface area contributed by atoms with E-state index in [9.17, 15) is 17.3 Å². The number of aromatic nitrogens is 2. The number of nitrogens with one attached hydrogen (secondary N) is 2. The molecule has 0 aliphatic heterocycles. The molecule has 2 nitrogen and oxygen atoms in total. The summed E-state index contributed by atoms with van der Waals surface area (Å²) < 4.78 is 39.0. The van der Waals surface area contributed by atoms with E-state index in [1.807, 2.05) is 12.4 Å². The van der Waals surface area contributed by atoms with Crippen molar-refractivity contribution in [3.63, 3.8) is 0 Å². The summed E-state index contributed by atoms with van der Waals surface area (Å²) in [6, 6.07) is 0. The Kier molecular flexibility index (Phi) is 4.39. The molecular formula is C5H9BF4N2. The van der Waals surface area contributed by atoms with Gasteiger partial charge in [-0.15, -0.1) is 0 Å². The monoisotopic (exact) mass is 184 g/mol. The highest BCUT2D eigenvalue weighted by molar-refractivity contribution is 6.50. The summed E-state index contributed by atoms with van der Waals surface area (Å²) in [4.78, 5) is 6.06. The molecule has 0 amide bonds. The summed E-state index contributed by atoms with van der Waals surface area (Å²) in [5.74, 6) is 1.18. The molecule has 70 valence electrons. The van der Waals surface area contributed by atoms with E-state index in [2.05, 4.69) is 16.9 Å². The molecule has 0 aromatic carbocycles. The number of rotatable bonds is 1. The van der Waals surface area contributed by atoms with Gasteiger partial charge in [-0.2, -0.15) is 0 Å². The number of hydrogen-bond donors (Lipinski definition) is 1. The Morgan fingerprint density at radius 1 is 1.42 bits per heavy atom. The number of hydrogen-bond acceptors (Lipinski definition) is 0. The molecule has 1 rings (SSSR count). The standard InChI is InChI=1S/C5H8N2.BF4/c1-2-5-6-3-4-7-5;2-1(3,4)5/h3-4H,2H2,1H3,(H,6,7);/q;-1/p+1. The summed E-state index contributed by atoms with van der Waals surface area (Å²) in [6.07, 6.45) is 4.82. The van der Waals surface area contributed by atoms with E-state index in [1.165, 1.54) is 5.82 Å². The van der Waals surface area contributed by atoms with E-state index in [4.69, 9.17) is 0 Å². The van der Waals surface area contributed by atoms with Crippen molar-refractivity contribution in [2.45, 2.75) is 13.3 Å². The van der Waals surface area contributed by atoms with Crippen LogP contribution in [0.4, 0.5) is 17.3 Å². The van der Waals surface area contributed by atoms with Crippen molar-refractivity contribution in [2.75, 3.05) is 0 Å². The molecule has 0 fully saturated rings. The Morgan fingerprint density at radius 2 is 1.92 bits per heavy atom. The molecule has 0 atom stereocenters. The summed E-state index contributed by atoms with van der Waals surface area (Å²) in [6.45, 7) is 2.10. The fourth-order valence-corrected chi connectivity index (χ4v) is 0.530. The second-order valence-corrected chi connectivity index (χ2v) is 1.95. The van der Waals surface area contributed by atoms with Gasteiger partial charge in [0.2, 0.25) is 0 Å². The second kappa shape index (κ2) is 4.79. The molecule has 12 heavy (non-hydrogen) atoms. The van der Waals surface area contributed by atoms with Crippen molar-refractivity contribution in [1.82, 2.24) is 4.98 Å². The van der Waals surface area contributed by atoms with Crippen molar-refractivity contribution in [3.8, 4) is 0 Å². The van der Waals surface area contributed by atoms with Gasteiger partial charge in [0.05, 0.1) is 0 Å². The number of aryl methyl sites for hydroxylation is 1. The second-order valence-electron chi connectivity index (χ2n) is 1.95. The number of halogens is 4. The van der Waals surface area contributed by atoms with Crippen LogP contribution in [0.2, 0.25) is 0 Å². The zero-order chi connectivity index (χ0) is 9.61. The number of aromatic amines is 2. The van der Waals surface area contributed by atoms with Crippen molar-refractivity contribution >= 4 is 7.25 Å². The summed E-state index contributed by atoms with van der Waals surface area (Å²) in [7, 11) is -6.00. The quantitative estimate of drug-likeness (QED) is 0.508. The first-order chi connectivity index (χ1) is 5.43. The minimum absolute atomic E-state index is 1.05. The van der Waals surface area contributed by atoms with E-state index < -0.39 is 7.25 Å². The van der Waals surface area contributed by atoms with Crippen LogP contribution in [0.3, 0.4) is 0 Å². The molecule has 0 aliphatic carbocycles. The predicted octanol–water partition coefficient (Wildman–Crippen LogP) is 1.69. The molecule has 0 saturated heterocycles. The molecule has 0 aliphatic rings. The van der Waals surface area contributed by atoms with Crippen molar-refractivity contribution in [1.29, 1.82) is 0 Å². The molecule has 0 unspecified atom stereocenters. The highest BCUT2D eigenvalue weighted by Crippen LogP contribution is 2.06. The zero-order valence-corrected chi connectivity index (χ0v) is 6.45. The first-order valence-corrected chi connectivity index (χ1v) is 3.34. The van der Waals surface area contributed by atoms with Gasteiger partial charge in [0.25, 0.3) is 5.82 Å². The molecule has 1 aromatic rings. The lowest BCUT2D eigenvalue weighted by molar-refractivity contribution is -0.387. The van der Waals surface area contributed by atoms with E-state index in [1.54, 1.807) is 0 Å². The van der Waals surface area contributed by atoms with Gasteiger partial charge in [-0.05, 0) is 0 Å². The summed E-state index contributed by atoms with van der Waals surface area (Å²) in [5, 5.41) is 0. The van der Waals surface area contributed by atoms with Crippen LogP contribution in [0.5, 0.6) is 0 Å². The van der Waals surface area contributed by atoms with Crippen molar-refractivity contribution in [2.24, 2.45) is 0 Å². The van der Waals surface area contributed by atoms with Crippen LogP contribution in [0, 0.1) is 0 Å². The maximum Gasteiger partial charge on any atom is 0.673 e. The molecule has 2 N–H and O–H groups in total. The molecule has 0 saturated carbocycles. The fraction of sp³-hybridized carbons (Fsp3) is 0.400. The summed E-state index contributed by atoms with van der Waals surface area (Å²) in [5.41, 5.74) is 0. The van der Waals surface area contributed by atoms with Gasteiger partial charge in [-0.1, -0.05) is 6.92 Å². The van der Waals surface area contributed by atoms with Crippen molar-refractivity contribution < 1.29 is 22.2 Å². The molecule has 0 spiro atoms. The molecule has 1 heterocycles. The topological polar surface area (TPSA) is 29.9 Å². The molecular weight excluding hydrogens is 175 g/mol. The van der Waals surface area contributed by atoms with Crippen LogP contribution in [0.1, 0.15) is 12.7 Å². The maximum atomic E-state index is 9.75. The minimum atomic E-state index is -6.00. The Morgan fingerprint density at radius 3 is 2.08 bits per heavy atom.